The van der Waals surface area contributed by atoms with Crippen molar-refractivity contribution in [2.75, 3.05) is 6.61 Å². The molecular formula is C18H22Cl2N2O2. The summed E-state index contributed by atoms with van der Waals surface area (Å²) in [7, 11) is 0. The summed E-state index contributed by atoms with van der Waals surface area (Å²) in [6.07, 6.45) is 7.58. The first-order valence-electron chi connectivity index (χ1n) is 7.57. The maximum atomic E-state index is 11.6. The van der Waals surface area contributed by atoms with Gasteiger partial charge in [0.2, 0.25) is 0 Å². The topological polar surface area (TPSA) is 50.7 Å². The van der Waals surface area contributed by atoms with Gasteiger partial charge in [-0.3, -0.25) is 4.79 Å². The Kier molecular flexibility index (Phi) is 9.20. The molecule has 0 saturated carbocycles. The highest BCUT2D eigenvalue weighted by Gasteiger charge is 2.05. The molecule has 0 aromatic heterocycles. The van der Waals surface area contributed by atoms with E-state index in [1.165, 1.54) is 11.1 Å². The van der Waals surface area contributed by atoms with Crippen LogP contribution in [-0.2, 0) is 4.79 Å². The predicted octanol–water partition coefficient (Wildman–Crippen LogP) is 5.17. The number of benzene rings is 1. The molecule has 0 heterocycles. The third-order valence-corrected chi connectivity index (χ3v) is 3.50. The van der Waals surface area contributed by atoms with E-state index in [-0.39, 0.29) is 12.5 Å². The van der Waals surface area contributed by atoms with Crippen molar-refractivity contribution < 1.29 is 9.53 Å². The lowest BCUT2D eigenvalue weighted by Crippen LogP contribution is -2.24. The summed E-state index contributed by atoms with van der Waals surface area (Å²) < 4.78 is 5.31. The molecule has 0 aliphatic heterocycles. The number of allylic oxidation sites excluding steroid dienone is 4. The molecule has 0 atom stereocenters. The van der Waals surface area contributed by atoms with Crippen molar-refractivity contribution in [2.24, 2.45) is 5.10 Å². The quantitative estimate of drug-likeness (QED) is 0.391. The van der Waals surface area contributed by atoms with Crippen molar-refractivity contribution in [1.29, 1.82) is 0 Å². The molecule has 1 aromatic rings. The first-order chi connectivity index (χ1) is 11.4. The summed E-state index contributed by atoms with van der Waals surface area (Å²) >= 11 is 11.7. The van der Waals surface area contributed by atoms with Gasteiger partial charge in [-0.2, -0.15) is 5.10 Å². The monoisotopic (exact) mass is 368 g/mol. The lowest BCUT2D eigenvalue weighted by molar-refractivity contribution is -0.123. The molecule has 0 aliphatic rings. The number of nitrogens with one attached hydrogen (secondary N) is 1. The van der Waals surface area contributed by atoms with Gasteiger partial charge in [0.25, 0.3) is 5.91 Å². The van der Waals surface area contributed by atoms with E-state index in [1.54, 1.807) is 24.4 Å². The number of amides is 1. The number of nitrogens with zero attached hydrogens (tertiary/aromatic N) is 1. The zero-order valence-corrected chi connectivity index (χ0v) is 15.6. The molecule has 0 saturated heterocycles. The minimum Gasteiger partial charge on any atom is -0.482 e. The van der Waals surface area contributed by atoms with Gasteiger partial charge in [-0.05, 0) is 57.9 Å². The minimum absolute atomic E-state index is 0.179. The summed E-state index contributed by atoms with van der Waals surface area (Å²) in [5.41, 5.74) is 4.89. The van der Waals surface area contributed by atoms with Gasteiger partial charge in [-0.1, -0.05) is 40.4 Å². The smallest absolute Gasteiger partial charge is 0.277 e. The molecule has 0 fully saturated rings. The Balaban J connectivity index is 2.33. The van der Waals surface area contributed by atoms with Crippen LogP contribution in [0.3, 0.4) is 0 Å². The Morgan fingerprint density at radius 1 is 1.29 bits per heavy atom. The number of hydrogen-bond acceptors (Lipinski definition) is 3. The molecule has 1 N–H and O–H groups in total. The lowest BCUT2D eigenvalue weighted by Gasteiger charge is -2.06. The Morgan fingerprint density at radius 2 is 2.04 bits per heavy atom. The Labute approximate surface area is 153 Å². The standard InChI is InChI=1S/C18H22Cl2N2O2/c1-13(2)5-4-6-14(3)9-10-21-22-18(23)12-24-17-8-7-15(19)11-16(17)20/h5,7-11H,4,6,12H2,1-3H3,(H,22,23). The van der Waals surface area contributed by atoms with E-state index in [9.17, 15) is 4.79 Å². The van der Waals surface area contributed by atoms with Crippen LogP contribution in [0.2, 0.25) is 10.0 Å². The van der Waals surface area contributed by atoms with Crippen molar-refractivity contribution >= 4 is 35.3 Å². The van der Waals surface area contributed by atoms with Crippen LogP contribution >= 0.6 is 23.2 Å². The number of hydrogen-bond donors (Lipinski definition) is 1. The molecule has 1 aromatic carbocycles. The third-order valence-electron chi connectivity index (χ3n) is 2.97. The van der Waals surface area contributed by atoms with Crippen LogP contribution in [0.4, 0.5) is 0 Å². The number of halogens is 2. The summed E-state index contributed by atoms with van der Waals surface area (Å²) in [5, 5.41) is 4.72. The van der Waals surface area contributed by atoms with Gasteiger partial charge in [0.1, 0.15) is 5.75 Å². The molecule has 1 amide bonds. The summed E-state index contributed by atoms with van der Waals surface area (Å²) in [4.78, 5) is 11.6. The van der Waals surface area contributed by atoms with E-state index >= 15 is 0 Å². The van der Waals surface area contributed by atoms with Crippen LogP contribution in [0.25, 0.3) is 0 Å². The van der Waals surface area contributed by atoms with Crippen molar-refractivity contribution in [3.63, 3.8) is 0 Å². The molecule has 0 bridgehead atoms. The predicted molar refractivity (Wildman–Crippen MR) is 101 cm³/mol. The van der Waals surface area contributed by atoms with E-state index in [2.05, 4.69) is 30.5 Å². The number of ether oxygens (including phenoxy) is 1. The van der Waals surface area contributed by atoms with Gasteiger partial charge < -0.3 is 4.74 Å². The van der Waals surface area contributed by atoms with Gasteiger partial charge in [0.05, 0.1) is 5.02 Å². The van der Waals surface area contributed by atoms with Crippen LogP contribution in [0, 0.1) is 0 Å². The number of rotatable bonds is 8. The summed E-state index contributed by atoms with van der Waals surface area (Å²) in [6.45, 7) is 6.00. The summed E-state index contributed by atoms with van der Waals surface area (Å²) in [6, 6.07) is 4.80. The number of carbonyl (C=O) groups is 1. The fourth-order valence-electron chi connectivity index (χ4n) is 1.71. The number of carbonyl (C=O) groups excluding carboxylic acids is 1. The van der Waals surface area contributed by atoms with Gasteiger partial charge in [0.15, 0.2) is 6.61 Å². The first-order valence-corrected chi connectivity index (χ1v) is 8.33. The first kappa shape index (κ1) is 20.3. The molecule has 4 nitrogen and oxygen atoms in total. The highest BCUT2D eigenvalue weighted by atomic mass is 35.5. The van der Waals surface area contributed by atoms with Gasteiger partial charge in [0, 0.05) is 11.2 Å². The fraction of sp³-hybridized carbons (Fsp3) is 0.333. The second-order valence-electron chi connectivity index (χ2n) is 5.51. The third kappa shape index (κ3) is 8.75. The maximum Gasteiger partial charge on any atom is 0.277 e. The van der Waals surface area contributed by atoms with Crippen molar-refractivity contribution in [3.8, 4) is 5.75 Å². The van der Waals surface area contributed by atoms with E-state index in [1.807, 2.05) is 13.0 Å². The van der Waals surface area contributed by atoms with Gasteiger partial charge >= 0.3 is 0 Å². The molecule has 1 rings (SSSR count). The van der Waals surface area contributed by atoms with E-state index < -0.39 is 0 Å². The van der Waals surface area contributed by atoms with Crippen LogP contribution in [0.15, 0.2) is 46.6 Å². The van der Waals surface area contributed by atoms with Crippen LogP contribution < -0.4 is 10.2 Å². The van der Waals surface area contributed by atoms with Crippen LogP contribution in [0.1, 0.15) is 33.6 Å². The average Bonchev–Trinajstić information content (AvgIpc) is 2.50. The molecule has 24 heavy (non-hydrogen) atoms. The molecule has 6 heteroatoms. The average molecular weight is 369 g/mol. The Hall–Kier alpha value is -1.78. The van der Waals surface area contributed by atoms with Gasteiger partial charge in [-0.25, -0.2) is 5.43 Å². The van der Waals surface area contributed by atoms with E-state index in [0.29, 0.717) is 15.8 Å². The highest BCUT2D eigenvalue weighted by molar-refractivity contribution is 6.35. The van der Waals surface area contributed by atoms with Crippen molar-refractivity contribution in [2.45, 2.75) is 33.6 Å². The molecular weight excluding hydrogens is 347 g/mol. The van der Waals surface area contributed by atoms with Gasteiger partial charge in [-0.15, -0.1) is 0 Å². The number of hydrazone groups is 1. The maximum absolute atomic E-state index is 11.6. The minimum atomic E-state index is -0.368. The zero-order chi connectivity index (χ0) is 17.9. The van der Waals surface area contributed by atoms with Crippen molar-refractivity contribution in [3.05, 3.63) is 51.5 Å². The Morgan fingerprint density at radius 3 is 2.71 bits per heavy atom. The molecule has 0 aliphatic carbocycles. The second kappa shape index (κ2) is 10.9. The SMILES string of the molecule is CC(C)=CCCC(C)=CC=NNC(=O)COc1ccc(Cl)cc1Cl. The fourth-order valence-corrected chi connectivity index (χ4v) is 2.18. The van der Waals surface area contributed by atoms with Crippen molar-refractivity contribution in [1.82, 2.24) is 5.43 Å². The van der Waals surface area contributed by atoms with Crippen LogP contribution in [-0.4, -0.2) is 18.7 Å². The van der Waals surface area contributed by atoms with Crippen LogP contribution in [0.5, 0.6) is 5.75 Å². The zero-order valence-electron chi connectivity index (χ0n) is 14.1. The highest BCUT2D eigenvalue weighted by Crippen LogP contribution is 2.27. The molecule has 0 spiro atoms. The largest absolute Gasteiger partial charge is 0.482 e. The second-order valence-corrected chi connectivity index (χ2v) is 6.35. The normalized spacial score (nSPS) is 11.5. The molecule has 0 unspecified atom stereocenters. The van der Waals surface area contributed by atoms with E-state index in [0.717, 1.165) is 12.8 Å². The summed E-state index contributed by atoms with van der Waals surface area (Å²) in [5.74, 6) is 0.0306. The Bertz CT molecular complexity index is 648. The molecule has 0 radical (unpaired) electrons. The lowest BCUT2D eigenvalue weighted by atomic mass is 10.1. The molecule has 130 valence electrons. The van der Waals surface area contributed by atoms with E-state index in [4.69, 9.17) is 27.9 Å².